The molecule has 2 aromatic rings. The van der Waals surface area contributed by atoms with Gasteiger partial charge in [0.1, 0.15) is 0 Å². The van der Waals surface area contributed by atoms with Gasteiger partial charge in [-0.25, -0.2) is 4.79 Å². The Morgan fingerprint density at radius 1 is 1.36 bits per heavy atom. The Bertz CT molecular complexity index is 686. The van der Waals surface area contributed by atoms with Gasteiger partial charge >= 0.3 is 5.97 Å². The Kier molecular flexibility index (Phi) is 4.97. The molecule has 6 nitrogen and oxygen atoms in total. The van der Waals surface area contributed by atoms with Crippen LogP contribution in [-0.4, -0.2) is 26.8 Å². The number of thiophene rings is 1. The number of aromatic nitrogens is 2. The molecule has 2 rings (SSSR count). The summed E-state index contributed by atoms with van der Waals surface area (Å²) >= 11 is 1.18. The molecule has 7 heteroatoms. The predicted molar refractivity (Wildman–Crippen MR) is 85.8 cm³/mol. The molecule has 1 amide bonds. The Morgan fingerprint density at radius 2 is 2.05 bits per heavy atom. The van der Waals surface area contributed by atoms with Gasteiger partial charge in [0.25, 0.3) is 5.91 Å². The molecule has 0 bridgehead atoms. The largest absolute Gasteiger partial charge is 0.478 e. The topological polar surface area (TPSA) is 84.2 Å². The van der Waals surface area contributed by atoms with Crippen LogP contribution in [-0.2, 0) is 0 Å². The zero-order valence-corrected chi connectivity index (χ0v) is 13.6. The highest BCUT2D eigenvalue weighted by atomic mass is 32.1. The van der Waals surface area contributed by atoms with Gasteiger partial charge in [0.05, 0.1) is 16.6 Å². The van der Waals surface area contributed by atoms with Crippen molar-refractivity contribution in [3.05, 3.63) is 34.5 Å². The average Bonchev–Trinajstić information content (AvgIpc) is 3.08. The van der Waals surface area contributed by atoms with Crippen LogP contribution < -0.4 is 5.32 Å². The predicted octanol–water partition coefficient (Wildman–Crippen LogP) is 3.56. The third kappa shape index (κ3) is 3.36. The van der Waals surface area contributed by atoms with Gasteiger partial charge in [0, 0.05) is 11.1 Å². The van der Waals surface area contributed by atoms with E-state index < -0.39 is 5.97 Å². The first-order chi connectivity index (χ1) is 10.5. The fourth-order valence-electron chi connectivity index (χ4n) is 2.29. The first-order valence-corrected chi connectivity index (χ1v) is 8.03. The number of nitrogens with one attached hydrogen (secondary N) is 1. The molecule has 2 heterocycles. The second-order valence-corrected chi connectivity index (χ2v) is 5.96. The minimum Gasteiger partial charge on any atom is -0.478 e. The van der Waals surface area contributed by atoms with Gasteiger partial charge in [0.15, 0.2) is 5.69 Å². The van der Waals surface area contributed by atoms with E-state index in [1.807, 2.05) is 11.6 Å². The Balaban J connectivity index is 2.15. The maximum absolute atomic E-state index is 12.2. The fraction of sp³-hybridized carbons (Fsp3) is 0.400. The summed E-state index contributed by atoms with van der Waals surface area (Å²) < 4.78 is 1.88. The summed E-state index contributed by atoms with van der Waals surface area (Å²) in [5.74, 6) is -1.34. The van der Waals surface area contributed by atoms with Crippen LogP contribution in [0.2, 0.25) is 0 Å². The molecule has 0 saturated heterocycles. The SMILES string of the molecule is CCC(CC)n1nc(C(=O)Nc2cc(C(=O)O)cs2)cc1C. The molecule has 0 atom stereocenters. The van der Waals surface area contributed by atoms with Crippen LogP contribution in [0.15, 0.2) is 17.5 Å². The van der Waals surface area contributed by atoms with E-state index in [1.165, 1.54) is 22.8 Å². The third-order valence-corrected chi connectivity index (χ3v) is 4.37. The van der Waals surface area contributed by atoms with Crippen molar-refractivity contribution in [2.45, 2.75) is 39.7 Å². The van der Waals surface area contributed by atoms with Crippen molar-refractivity contribution in [2.24, 2.45) is 0 Å². The van der Waals surface area contributed by atoms with Gasteiger partial charge in [-0.2, -0.15) is 5.10 Å². The second kappa shape index (κ2) is 6.74. The van der Waals surface area contributed by atoms with Gasteiger partial charge < -0.3 is 10.4 Å². The number of aryl methyl sites for hydroxylation is 1. The lowest BCUT2D eigenvalue weighted by atomic mass is 10.2. The van der Waals surface area contributed by atoms with Gasteiger partial charge in [-0.3, -0.25) is 9.48 Å². The minimum absolute atomic E-state index is 0.166. The molecule has 0 aromatic carbocycles. The van der Waals surface area contributed by atoms with Crippen LogP contribution in [0.5, 0.6) is 0 Å². The Hall–Kier alpha value is -2.15. The number of carboxylic acid groups (broad SMARTS) is 1. The van der Waals surface area contributed by atoms with Crippen molar-refractivity contribution in [3.63, 3.8) is 0 Å². The van der Waals surface area contributed by atoms with Crippen molar-refractivity contribution < 1.29 is 14.7 Å². The summed E-state index contributed by atoms with van der Waals surface area (Å²) in [4.78, 5) is 23.1. The molecule has 118 valence electrons. The highest BCUT2D eigenvalue weighted by molar-refractivity contribution is 7.14. The van der Waals surface area contributed by atoms with Crippen molar-refractivity contribution in [1.29, 1.82) is 0 Å². The molecule has 0 spiro atoms. The number of anilines is 1. The van der Waals surface area contributed by atoms with Crippen LogP contribution in [0.1, 0.15) is 59.3 Å². The lowest BCUT2D eigenvalue weighted by molar-refractivity contribution is 0.0697. The zero-order chi connectivity index (χ0) is 16.3. The van der Waals surface area contributed by atoms with Crippen molar-refractivity contribution in [3.8, 4) is 0 Å². The zero-order valence-electron chi connectivity index (χ0n) is 12.8. The van der Waals surface area contributed by atoms with Crippen LogP contribution in [0.25, 0.3) is 0 Å². The van der Waals surface area contributed by atoms with E-state index in [4.69, 9.17) is 5.11 Å². The number of nitrogens with zero attached hydrogens (tertiary/aromatic N) is 2. The Labute approximate surface area is 132 Å². The molecular weight excluding hydrogens is 302 g/mol. The first-order valence-electron chi connectivity index (χ1n) is 7.15. The maximum atomic E-state index is 12.2. The lowest BCUT2D eigenvalue weighted by Crippen LogP contribution is -2.14. The van der Waals surface area contributed by atoms with E-state index in [2.05, 4.69) is 24.3 Å². The number of aromatic carboxylic acids is 1. The number of amides is 1. The van der Waals surface area contributed by atoms with Crippen LogP contribution in [0, 0.1) is 6.92 Å². The number of hydrogen-bond acceptors (Lipinski definition) is 4. The van der Waals surface area contributed by atoms with E-state index in [0.29, 0.717) is 10.7 Å². The van der Waals surface area contributed by atoms with Crippen molar-refractivity contribution in [2.75, 3.05) is 5.32 Å². The normalized spacial score (nSPS) is 10.9. The van der Waals surface area contributed by atoms with Gasteiger partial charge in [0.2, 0.25) is 0 Å². The van der Waals surface area contributed by atoms with E-state index in [1.54, 1.807) is 6.07 Å². The van der Waals surface area contributed by atoms with Crippen LogP contribution >= 0.6 is 11.3 Å². The van der Waals surface area contributed by atoms with Gasteiger partial charge in [-0.15, -0.1) is 11.3 Å². The highest BCUT2D eigenvalue weighted by Crippen LogP contribution is 2.22. The molecule has 2 aromatic heterocycles. The molecule has 2 N–H and O–H groups in total. The first kappa shape index (κ1) is 16.2. The molecule has 0 aliphatic carbocycles. The number of hydrogen-bond donors (Lipinski definition) is 2. The summed E-state index contributed by atoms with van der Waals surface area (Å²) in [7, 11) is 0. The van der Waals surface area contributed by atoms with E-state index in [9.17, 15) is 9.59 Å². The van der Waals surface area contributed by atoms with Crippen LogP contribution in [0.4, 0.5) is 5.00 Å². The van der Waals surface area contributed by atoms with E-state index in [-0.39, 0.29) is 17.5 Å². The second-order valence-electron chi connectivity index (χ2n) is 5.04. The monoisotopic (exact) mass is 321 g/mol. The quantitative estimate of drug-likeness (QED) is 0.852. The smallest absolute Gasteiger partial charge is 0.336 e. The standard InChI is InChI=1S/C15H19N3O3S/c1-4-11(5-2)18-9(3)6-12(17-18)14(19)16-13-7-10(8-22-13)15(20)21/h6-8,11H,4-5H2,1-3H3,(H,16,19)(H,20,21). The summed E-state index contributed by atoms with van der Waals surface area (Å²) in [6, 6.07) is 3.47. The summed E-state index contributed by atoms with van der Waals surface area (Å²) in [5.41, 5.74) is 1.45. The van der Waals surface area contributed by atoms with Gasteiger partial charge in [-0.05, 0) is 31.9 Å². The van der Waals surface area contributed by atoms with E-state index >= 15 is 0 Å². The Morgan fingerprint density at radius 3 is 2.59 bits per heavy atom. The lowest BCUT2D eigenvalue weighted by Gasteiger charge is -2.14. The minimum atomic E-state index is -1.01. The van der Waals surface area contributed by atoms with Crippen molar-refractivity contribution >= 4 is 28.2 Å². The summed E-state index contributed by atoms with van der Waals surface area (Å²) in [6.07, 6.45) is 1.90. The molecule has 0 aliphatic heterocycles. The van der Waals surface area contributed by atoms with Crippen LogP contribution in [0.3, 0.4) is 0 Å². The van der Waals surface area contributed by atoms with Gasteiger partial charge in [-0.1, -0.05) is 13.8 Å². The fourth-order valence-corrected chi connectivity index (χ4v) is 3.06. The molecule has 22 heavy (non-hydrogen) atoms. The highest BCUT2D eigenvalue weighted by Gasteiger charge is 2.17. The average molecular weight is 321 g/mol. The number of carbonyl (C=O) groups excluding carboxylic acids is 1. The number of carbonyl (C=O) groups is 2. The molecule has 0 unspecified atom stereocenters. The summed E-state index contributed by atoms with van der Waals surface area (Å²) in [6.45, 7) is 6.11. The third-order valence-electron chi connectivity index (χ3n) is 3.53. The number of carboxylic acids is 1. The van der Waals surface area contributed by atoms with Crippen molar-refractivity contribution in [1.82, 2.24) is 9.78 Å². The molecule has 0 aliphatic rings. The molecule has 0 saturated carbocycles. The van der Waals surface area contributed by atoms with E-state index in [0.717, 1.165) is 18.5 Å². The molecular formula is C15H19N3O3S. The maximum Gasteiger partial charge on any atom is 0.336 e. The number of rotatable bonds is 6. The summed E-state index contributed by atoms with van der Waals surface area (Å²) in [5, 5.41) is 17.9. The molecule has 0 radical (unpaired) electrons. The molecule has 0 fully saturated rings.